The predicted molar refractivity (Wildman–Crippen MR) is 114 cm³/mol. The van der Waals surface area contributed by atoms with Crippen molar-refractivity contribution in [1.29, 1.82) is 0 Å². The molecule has 4 aromatic rings. The third-order valence-electron chi connectivity index (χ3n) is 4.97. The number of aliphatic hydroxyl groups excluding tert-OH is 1. The number of aliphatic hydroxyl groups is 1. The summed E-state index contributed by atoms with van der Waals surface area (Å²) in [7, 11) is 3.08. The van der Waals surface area contributed by atoms with Crippen molar-refractivity contribution in [2.75, 3.05) is 18.6 Å². The van der Waals surface area contributed by atoms with Gasteiger partial charge in [-0.2, -0.15) is 18.3 Å². The number of nitrogens with zero attached hydrogens (tertiary/aromatic N) is 5. The average Bonchev–Trinajstić information content (AvgIpc) is 3.21. The number of alkyl halides is 3. The van der Waals surface area contributed by atoms with E-state index in [4.69, 9.17) is 4.74 Å². The molecule has 11 heteroatoms. The highest BCUT2D eigenvalue weighted by molar-refractivity contribution is 5.82. The maximum absolute atomic E-state index is 14.1. The minimum atomic E-state index is -4.86. The Morgan fingerprint density at radius 2 is 1.88 bits per heavy atom. The highest BCUT2D eigenvalue weighted by atomic mass is 19.4. The first kappa shape index (κ1) is 22.5. The number of ether oxygens (including phenoxy) is 1. The van der Waals surface area contributed by atoms with Crippen molar-refractivity contribution in [1.82, 2.24) is 19.7 Å². The van der Waals surface area contributed by atoms with E-state index in [0.29, 0.717) is 16.7 Å². The van der Waals surface area contributed by atoms with Gasteiger partial charge in [0.15, 0.2) is 6.10 Å². The Balaban J connectivity index is 1.81. The molecule has 0 bridgehead atoms. The van der Waals surface area contributed by atoms with Crippen molar-refractivity contribution >= 4 is 22.4 Å². The SMILES string of the molecule is COc1cc(F)cc(N(CC(O)C(F)(F)F)c2ccc3ncc(-c4cnn(C)c4)nc3c2)c1. The topological polar surface area (TPSA) is 76.3 Å². The molecule has 0 fully saturated rings. The average molecular weight is 461 g/mol. The van der Waals surface area contributed by atoms with Crippen LogP contribution in [0.2, 0.25) is 0 Å². The van der Waals surface area contributed by atoms with Gasteiger partial charge in [-0.25, -0.2) is 9.37 Å². The van der Waals surface area contributed by atoms with Gasteiger partial charge in [-0.05, 0) is 24.3 Å². The number of methoxy groups -OCH3 is 1. The highest BCUT2D eigenvalue weighted by Crippen LogP contribution is 2.33. The van der Waals surface area contributed by atoms with Crippen LogP contribution in [0.1, 0.15) is 0 Å². The monoisotopic (exact) mass is 461 g/mol. The van der Waals surface area contributed by atoms with Crippen LogP contribution in [0, 0.1) is 5.82 Å². The molecule has 172 valence electrons. The van der Waals surface area contributed by atoms with Gasteiger partial charge in [0.05, 0.1) is 42.8 Å². The van der Waals surface area contributed by atoms with E-state index in [1.54, 1.807) is 36.4 Å². The fourth-order valence-electron chi connectivity index (χ4n) is 3.32. The first-order valence-electron chi connectivity index (χ1n) is 9.77. The maximum Gasteiger partial charge on any atom is 0.416 e. The van der Waals surface area contributed by atoms with Crippen LogP contribution in [0.3, 0.4) is 0 Å². The van der Waals surface area contributed by atoms with Gasteiger partial charge in [0.2, 0.25) is 0 Å². The second kappa shape index (κ2) is 8.66. The molecule has 0 spiro atoms. The molecule has 7 nitrogen and oxygen atoms in total. The number of hydrogen-bond acceptors (Lipinski definition) is 6. The van der Waals surface area contributed by atoms with Crippen LogP contribution in [-0.4, -0.2) is 50.8 Å². The van der Waals surface area contributed by atoms with Crippen LogP contribution < -0.4 is 9.64 Å². The van der Waals surface area contributed by atoms with Gasteiger partial charge in [-0.15, -0.1) is 0 Å². The van der Waals surface area contributed by atoms with Gasteiger partial charge in [-0.3, -0.25) is 9.67 Å². The minimum Gasteiger partial charge on any atom is -0.497 e. The van der Waals surface area contributed by atoms with Crippen molar-refractivity contribution < 1.29 is 27.4 Å². The first-order valence-corrected chi connectivity index (χ1v) is 9.77. The second-order valence-electron chi connectivity index (χ2n) is 7.35. The van der Waals surface area contributed by atoms with Crippen molar-refractivity contribution in [3.8, 4) is 17.0 Å². The number of rotatable bonds is 6. The predicted octanol–water partition coefficient (Wildman–Crippen LogP) is 4.24. The van der Waals surface area contributed by atoms with Crippen molar-refractivity contribution in [2.24, 2.45) is 7.05 Å². The molecule has 2 heterocycles. The van der Waals surface area contributed by atoms with E-state index in [1.807, 2.05) is 0 Å². The van der Waals surface area contributed by atoms with E-state index in [9.17, 15) is 22.7 Å². The van der Waals surface area contributed by atoms with Gasteiger partial charge in [0.25, 0.3) is 0 Å². The number of hydrogen-bond donors (Lipinski definition) is 1. The fraction of sp³-hybridized carbons (Fsp3) is 0.227. The van der Waals surface area contributed by atoms with E-state index in [-0.39, 0.29) is 17.1 Å². The first-order chi connectivity index (χ1) is 15.6. The quantitative estimate of drug-likeness (QED) is 0.433. The third-order valence-corrected chi connectivity index (χ3v) is 4.97. The molecule has 2 aromatic carbocycles. The lowest BCUT2D eigenvalue weighted by Crippen LogP contribution is -2.39. The summed E-state index contributed by atoms with van der Waals surface area (Å²) in [6, 6.07) is 8.20. The maximum atomic E-state index is 14.1. The molecule has 0 radical (unpaired) electrons. The van der Waals surface area contributed by atoms with Crippen molar-refractivity contribution in [2.45, 2.75) is 12.3 Å². The van der Waals surface area contributed by atoms with Gasteiger partial charge in [0.1, 0.15) is 11.6 Å². The van der Waals surface area contributed by atoms with Crippen LogP contribution in [0.15, 0.2) is 55.0 Å². The number of aryl methyl sites for hydroxylation is 1. The Morgan fingerprint density at radius 1 is 1.09 bits per heavy atom. The fourth-order valence-corrected chi connectivity index (χ4v) is 3.32. The summed E-state index contributed by atoms with van der Waals surface area (Å²) in [6.45, 7) is -0.864. The van der Waals surface area contributed by atoms with Gasteiger partial charge >= 0.3 is 6.18 Å². The molecule has 2 aromatic heterocycles. The molecular formula is C22H19F4N5O2. The summed E-state index contributed by atoms with van der Waals surface area (Å²) in [4.78, 5) is 10.1. The Morgan fingerprint density at radius 3 is 2.55 bits per heavy atom. The molecule has 0 aliphatic heterocycles. The second-order valence-corrected chi connectivity index (χ2v) is 7.35. The lowest BCUT2D eigenvalue weighted by atomic mass is 10.1. The molecule has 1 N–H and O–H groups in total. The minimum absolute atomic E-state index is 0.0749. The van der Waals surface area contributed by atoms with Crippen molar-refractivity contribution in [3.63, 3.8) is 0 Å². The molecule has 4 rings (SSSR count). The molecule has 0 saturated carbocycles. The normalized spacial score (nSPS) is 12.7. The van der Waals surface area contributed by atoms with Crippen LogP contribution in [-0.2, 0) is 7.05 Å². The zero-order valence-corrected chi connectivity index (χ0v) is 17.6. The number of fused-ring (bicyclic) bond motifs is 1. The lowest BCUT2D eigenvalue weighted by Gasteiger charge is -2.28. The van der Waals surface area contributed by atoms with E-state index in [1.165, 1.54) is 25.3 Å². The smallest absolute Gasteiger partial charge is 0.416 e. The van der Waals surface area contributed by atoms with Crippen LogP contribution >= 0.6 is 0 Å². The van der Waals surface area contributed by atoms with E-state index in [2.05, 4.69) is 15.1 Å². The Hall–Kier alpha value is -3.73. The van der Waals surface area contributed by atoms with Crippen molar-refractivity contribution in [3.05, 3.63) is 60.8 Å². The standard InChI is InChI=1S/C22H19F4N5O2/c1-30-11-13(9-28-30)20-10-27-18-4-3-15(8-19(18)29-20)31(12-21(32)22(24,25)26)16-5-14(23)6-17(7-16)33-2/h3-11,21,32H,12H2,1-2H3. The molecule has 0 saturated heterocycles. The Kier molecular flexibility index (Phi) is 5.90. The van der Waals surface area contributed by atoms with E-state index < -0.39 is 24.6 Å². The zero-order chi connectivity index (χ0) is 23.8. The number of aromatic nitrogens is 4. The van der Waals surface area contributed by atoms with Gasteiger partial charge in [0, 0.05) is 42.3 Å². The molecule has 1 atom stereocenters. The summed E-state index contributed by atoms with van der Waals surface area (Å²) >= 11 is 0. The summed E-state index contributed by atoms with van der Waals surface area (Å²) in [6.07, 6.45) is -2.59. The molecule has 0 aliphatic rings. The Bertz CT molecular complexity index is 1290. The van der Waals surface area contributed by atoms with Crippen LogP contribution in [0.4, 0.5) is 28.9 Å². The number of benzene rings is 2. The summed E-state index contributed by atoms with van der Waals surface area (Å²) in [5.41, 5.74) is 2.50. The lowest BCUT2D eigenvalue weighted by molar-refractivity contribution is -0.199. The number of anilines is 2. The summed E-state index contributed by atoms with van der Waals surface area (Å²) in [5, 5.41) is 13.9. The molecular weight excluding hydrogens is 442 g/mol. The highest BCUT2D eigenvalue weighted by Gasteiger charge is 2.39. The van der Waals surface area contributed by atoms with E-state index >= 15 is 0 Å². The Labute approximate surface area is 185 Å². The molecule has 1 unspecified atom stereocenters. The summed E-state index contributed by atoms with van der Waals surface area (Å²) in [5.74, 6) is -0.578. The van der Waals surface area contributed by atoms with E-state index in [0.717, 1.165) is 22.6 Å². The van der Waals surface area contributed by atoms with Crippen LogP contribution in [0.5, 0.6) is 5.75 Å². The third kappa shape index (κ3) is 4.87. The van der Waals surface area contributed by atoms with Crippen LogP contribution in [0.25, 0.3) is 22.3 Å². The number of halogens is 4. The summed E-state index contributed by atoms with van der Waals surface area (Å²) < 4.78 is 60.3. The molecule has 0 aliphatic carbocycles. The molecule has 0 amide bonds. The zero-order valence-electron chi connectivity index (χ0n) is 17.6. The largest absolute Gasteiger partial charge is 0.497 e. The molecule has 33 heavy (non-hydrogen) atoms. The van der Waals surface area contributed by atoms with Gasteiger partial charge < -0.3 is 14.7 Å². The van der Waals surface area contributed by atoms with Gasteiger partial charge in [-0.1, -0.05) is 0 Å².